The van der Waals surface area contributed by atoms with Crippen molar-refractivity contribution >= 4 is 17.5 Å². The first-order chi connectivity index (χ1) is 11.6. The summed E-state index contributed by atoms with van der Waals surface area (Å²) in [5.41, 5.74) is 1.09. The van der Waals surface area contributed by atoms with E-state index >= 15 is 0 Å². The molecule has 1 fully saturated rings. The van der Waals surface area contributed by atoms with Crippen molar-refractivity contribution in [3.05, 3.63) is 81.4 Å². The third-order valence-corrected chi connectivity index (χ3v) is 3.97. The van der Waals surface area contributed by atoms with Gasteiger partial charge >= 0.3 is 0 Å². The molecule has 1 heterocycles. The average Bonchev–Trinajstić information content (AvgIpc) is 3.13. The molecule has 0 aromatic heterocycles. The van der Waals surface area contributed by atoms with Crippen molar-refractivity contribution in [2.24, 2.45) is 0 Å². The number of hydrogen-bond acceptors (Lipinski definition) is 4. The number of carbonyl (C=O) groups is 1. The molecular formula is C19H17NO4. The Bertz CT molecular complexity index is 777. The van der Waals surface area contributed by atoms with Crippen LogP contribution in [0.1, 0.15) is 34.3 Å². The monoisotopic (exact) mass is 323 g/mol. The molecule has 122 valence electrons. The normalized spacial score (nSPS) is 17.2. The van der Waals surface area contributed by atoms with E-state index < -0.39 is 4.92 Å². The number of hydrogen-bond donors (Lipinski definition) is 0. The summed E-state index contributed by atoms with van der Waals surface area (Å²) in [5, 5.41) is 11.3. The van der Waals surface area contributed by atoms with Crippen LogP contribution in [0.15, 0.2) is 54.6 Å². The van der Waals surface area contributed by atoms with Gasteiger partial charge in [-0.3, -0.25) is 14.9 Å². The minimum absolute atomic E-state index is 0.0773. The number of nitro groups is 1. The Hall–Kier alpha value is -2.79. The number of nitrogens with zero attached hydrogens (tertiary/aromatic N) is 1. The minimum atomic E-state index is -0.524. The van der Waals surface area contributed by atoms with Gasteiger partial charge < -0.3 is 4.74 Å². The van der Waals surface area contributed by atoms with Crippen LogP contribution < -0.4 is 0 Å². The predicted molar refractivity (Wildman–Crippen MR) is 91.0 cm³/mol. The lowest BCUT2D eigenvalue weighted by atomic mass is 9.99. The predicted octanol–water partition coefficient (Wildman–Crippen LogP) is 4.02. The highest BCUT2D eigenvalue weighted by Crippen LogP contribution is 2.24. The number of rotatable bonds is 5. The Morgan fingerprint density at radius 3 is 2.67 bits per heavy atom. The van der Waals surface area contributed by atoms with Crippen LogP contribution in [0.4, 0.5) is 5.69 Å². The zero-order valence-corrected chi connectivity index (χ0v) is 13.1. The van der Waals surface area contributed by atoms with Gasteiger partial charge in [-0.25, -0.2) is 0 Å². The molecule has 0 spiro atoms. The molecule has 1 unspecified atom stereocenters. The van der Waals surface area contributed by atoms with E-state index in [0.717, 1.165) is 25.0 Å². The third-order valence-electron chi connectivity index (χ3n) is 3.97. The Labute approximate surface area is 139 Å². The van der Waals surface area contributed by atoms with Gasteiger partial charge in [0.25, 0.3) is 5.69 Å². The van der Waals surface area contributed by atoms with E-state index in [1.54, 1.807) is 42.5 Å². The standard InChI is InChI=1S/C19H17NO4/c21-19(15-5-2-1-3-6-15)17-13-14(9-11-18(17)20(22)23)8-10-16-7-4-12-24-16/h1-3,5-6,8-11,13,16H,4,7,12H2/b10-8+. The van der Waals surface area contributed by atoms with Gasteiger partial charge in [-0.1, -0.05) is 42.5 Å². The van der Waals surface area contributed by atoms with Gasteiger partial charge in [-0.05, 0) is 30.5 Å². The van der Waals surface area contributed by atoms with E-state index in [1.807, 2.05) is 12.2 Å². The molecule has 0 N–H and O–H groups in total. The largest absolute Gasteiger partial charge is 0.374 e. The molecule has 1 aliphatic rings. The van der Waals surface area contributed by atoms with Gasteiger partial charge in [0.1, 0.15) is 5.56 Å². The molecule has 3 rings (SSSR count). The van der Waals surface area contributed by atoms with E-state index in [4.69, 9.17) is 4.74 Å². The Kier molecular flexibility index (Phi) is 4.82. The van der Waals surface area contributed by atoms with Crippen molar-refractivity contribution in [3.8, 4) is 0 Å². The maximum Gasteiger partial charge on any atom is 0.280 e. The smallest absolute Gasteiger partial charge is 0.280 e. The Morgan fingerprint density at radius 1 is 1.21 bits per heavy atom. The number of carbonyl (C=O) groups excluding carboxylic acids is 1. The summed E-state index contributed by atoms with van der Waals surface area (Å²) in [6.45, 7) is 0.757. The van der Waals surface area contributed by atoms with Crippen molar-refractivity contribution in [2.45, 2.75) is 18.9 Å². The molecule has 1 saturated heterocycles. The first-order valence-corrected chi connectivity index (χ1v) is 7.83. The summed E-state index contributed by atoms with van der Waals surface area (Å²) in [7, 11) is 0. The van der Waals surface area contributed by atoms with E-state index in [-0.39, 0.29) is 23.1 Å². The van der Waals surface area contributed by atoms with Crippen molar-refractivity contribution in [3.63, 3.8) is 0 Å². The molecule has 0 radical (unpaired) electrons. The van der Waals surface area contributed by atoms with Gasteiger partial charge in [0, 0.05) is 18.2 Å². The zero-order chi connectivity index (χ0) is 16.9. The second-order valence-corrected chi connectivity index (χ2v) is 5.64. The number of ether oxygens (including phenoxy) is 1. The van der Waals surface area contributed by atoms with Crippen LogP contribution in [-0.2, 0) is 4.74 Å². The van der Waals surface area contributed by atoms with Crippen LogP contribution in [0.2, 0.25) is 0 Å². The number of ketones is 1. The summed E-state index contributed by atoms with van der Waals surface area (Å²) >= 11 is 0. The molecule has 2 aromatic carbocycles. The second-order valence-electron chi connectivity index (χ2n) is 5.64. The Morgan fingerprint density at radius 2 is 2.00 bits per heavy atom. The van der Waals surface area contributed by atoms with Crippen LogP contribution in [-0.4, -0.2) is 23.4 Å². The van der Waals surface area contributed by atoms with Crippen molar-refractivity contribution < 1.29 is 14.5 Å². The van der Waals surface area contributed by atoms with E-state index in [0.29, 0.717) is 5.56 Å². The van der Waals surface area contributed by atoms with Crippen molar-refractivity contribution in [1.29, 1.82) is 0 Å². The molecule has 1 atom stereocenters. The van der Waals surface area contributed by atoms with E-state index in [9.17, 15) is 14.9 Å². The van der Waals surface area contributed by atoms with Crippen molar-refractivity contribution in [2.75, 3.05) is 6.61 Å². The van der Waals surface area contributed by atoms with Crippen LogP contribution >= 0.6 is 0 Å². The first kappa shape index (κ1) is 16.1. The summed E-state index contributed by atoms with van der Waals surface area (Å²) in [5.74, 6) is -0.352. The molecule has 0 bridgehead atoms. The summed E-state index contributed by atoms with van der Waals surface area (Å²) in [6.07, 6.45) is 5.87. The topological polar surface area (TPSA) is 69.4 Å². The molecule has 2 aromatic rings. The summed E-state index contributed by atoms with van der Waals surface area (Å²) in [6, 6.07) is 13.2. The van der Waals surface area contributed by atoms with E-state index in [2.05, 4.69) is 0 Å². The van der Waals surface area contributed by atoms with Gasteiger partial charge in [-0.15, -0.1) is 0 Å². The van der Waals surface area contributed by atoms with E-state index in [1.165, 1.54) is 6.07 Å². The van der Waals surface area contributed by atoms with Gasteiger partial charge in [0.2, 0.25) is 0 Å². The SMILES string of the molecule is O=C(c1ccccc1)c1cc(/C=C/C2CCCO2)ccc1[N+](=O)[O-]. The van der Waals surface area contributed by atoms with Gasteiger partial charge in [-0.2, -0.15) is 0 Å². The molecular weight excluding hydrogens is 306 g/mol. The molecule has 0 aliphatic carbocycles. The van der Waals surface area contributed by atoms with Crippen LogP contribution in [0.5, 0.6) is 0 Å². The summed E-state index contributed by atoms with van der Waals surface area (Å²) < 4.78 is 5.52. The van der Waals surface area contributed by atoms with Gasteiger partial charge in [0.15, 0.2) is 5.78 Å². The maximum atomic E-state index is 12.6. The van der Waals surface area contributed by atoms with Crippen LogP contribution in [0.25, 0.3) is 6.08 Å². The Balaban J connectivity index is 1.94. The second kappa shape index (κ2) is 7.19. The average molecular weight is 323 g/mol. The molecule has 24 heavy (non-hydrogen) atoms. The number of benzene rings is 2. The fourth-order valence-electron chi connectivity index (χ4n) is 2.72. The lowest BCUT2D eigenvalue weighted by Crippen LogP contribution is -2.06. The lowest BCUT2D eigenvalue weighted by molar-refractivity contribution is -0.385. The highest BCUT2D eigenvalue weighted by Gasteiger charge is 2.21. The minimum Gasteiger partial charge on any atom is -0.374 e. The quantitative estimate of drug-likeness (QED) is 0.473. The fraction of sp³-hybridized carbons (Fsp3) is 0.211. The highest BCUT2D eigenvalue weighted by atomic mass is 16.6. The van der Waals surface area contributed by atoms with Crippen LogP contribution in [0, 0.1) is 10.1 Å². The number of nitro benzene ring substituents is 1. The fourth-order valence-corrected chi connectivity index (χ4v) is 2.72. The third kappa shape index (κ3) is 3.58. The molecule has 5 heteroatoms. The lowest BCUT2D eigenvalue weighted by Gasteiger charge is -2.05. The van der Waals surface area contributed by atoms with Crippen molar-refractivity contribution in [1.82, 2.24) is 0 Å². The van der Waals surface area contributed by atoms with Gasteiger partial charge in [0.05, 0.1) is 11.0 Å². The van der Waals surface area contributed by atoms with Crippen LogP contribution in [0.3, 0.4) is 0 Å². The maximum absolute atomic E-state index is 12.6. The molecule has 1 aliphatic heterocycles. The molecule has 0 saturated carbocycles. The summed E-state index contributed by atoms with van der Waals surface area (Å²) in [4.78, 5) is 23.4. The molecule has 0 amide bonds. The molecule has 5 nitrogen and oxygen atoms in total. The highest BCUT2D eigenvalue weighted by molar-refractivity contribution is 6.11. The zero-order valence-electron chi connectivity index (χ0n) is 13.1. The first-order valence-electron chi connectivity index (χ1n) is 7.83.